The number of benzene rings is 1. The third kappa shape index (κ3) is 5.70. The van der Waals surface area contributed by atoms with Crippen LogP contribution < -0.4 is 10.1 Å². The van der Waals surface area contributed by atoms with Crippen LogP contribution in [0.2, 0.25) is 5.02 Å². The number of carbonyl (C=O) groups is 1. The van der Waals surface area contributed by atoms with Crippen molar-refractivity contribution in [3.63, 3.8) is 0 Å². The van der Waals surface area contributed by atoms with E-state index < -0.39 is 0 Å². The number of rotatable bonds is 7. The molecule has 0 aliphatic heterocycles. The van der Waals surface area contributed by atoms with Crippen molar-refractivity contribution in [3.05, 3.63) is 29.3 Å². The third-order valence-electron chi connectivity index (χ3n) is 4.53. The molecule has 128 valence electrons. The van der Waals surface area contributed by atoms with E-state index in [9.17, 15) is 4.79 Å². The number of likely N-dealkylation sites (N-methyl/N-ethyl adjacent to an activating group) is 1. The summed E-state index contributed by atoms with van der Waals surface area (Å²) in [7, 11) is 1.95. The molecule has 0 bridgehead atoms. The molecule has 4 nitrogen and oxygen atoms in total. The quantitative estimate of drug-likeness (QED) is 0.827. The molecule has 0 radical (unpaired) electrons. The predicted molar refractivity (Wildman–Crippen MR) is 94.1 cm³/mol. The van der Waals surface area contributed by atoms with Crippen molar-refractivity contribution in [3.8, 4) is 5.75 Å². The second-order valence-electron chi connectivity index (χ2n) is 6.28. The van der Waals surface area contributed by atoms with Gasteiger partial charge in [-0.15, -0.1) is 0 Å². The lowest BCUT2D eigenvalue weighted by Gasteiger charge is -2.28. The van der Waals surface area contributed by atoms with Crippen molar-refractivity contribution in [2.45, 2.75) is 51.1 Å². The highest BCUT2D eigenvalue weighted by Crippen LogP contribution is 2.23. The molecule has 1 amide bonds. The van der Waals surface area contributed by atoms with E-state index >= 15 is 0 Å². The Balaban J connectivity index is 1.72. The highest BCUT2D eigenvalue weighted by atomic mass is 35.5. The van der Waals surface area contributed by atoms with Crippen LogP contribution in [0.3, 0.4) is 0 Å². The molecule has 1 atom stereocenters. The summed E-state index contributed by atoms with van der Waals surface area (Å²) in [5.74, 6) is 0.791. The van der Waals surface area contributed by atoms with Gasteiger partial charge in [0.25, 0.3) is 0 Å². The Morgan fingerprint density at radius 2 is 2.04 bits per heavy atom. The molecule has 1 aliphatic rings. The summed E-state index contributed by atoms with van der Waals surface area (Å²) in [6, 6.07) is 7.62. The van der Waals surface area contributed by atoms with E-state index in [0.29, 0.717) is 30.0 Å². The largest absolute Gasteiger partial charge is 0.491 e. The van der Waals surface area contributed by atoms with Crippen LogP contribution >= 0.6 is 11.6 Å². The van der Waals surface area contributed by atoms with Crippen LogP contribution in [0.15, 0.2) is 24.3 Å². The van der Waals surface area contributed by atoms with Crippen molar-refractivity contribution in [2.24, 2.45) is 0 Å². The number of hydrogen-bond acceptors (Lipinski definition) is 3. The highest BCUT2D eigenvalue weighted by Gasteiger charge is 2.22. The van der Waals surface area contributed by atoms with Gasteiger partial charge in [-0.1, -0.05) is 43.0 Å². The number of nitrogens with one attached hydrogen (secondary N) is 1. The first-order valence-corrected chi connectivity index (χ1v) is 8.83. The molecule has 2 rings (SSSR count). The molecule has 0 unspecified atom stereocenters. The molecule has 5 heteroatoms. The van der Waals surface area contributed by atoms with E-state index in [1.165, 1.54) is 19.3 Å². The maximum absolute atomic E-state index is 12.3. The van der Waals surface area contributed by atoms with Crippen LogP contribution in [0.1, 0.15) is 39.0 Å². The minimum Gasteiger partial charge on any atom is -0.491 e. The minimum atomic E-state index is -0.160. The zero-order valence-corrected chi connectivity index (χ0v) is 14.8. The summed E-state index contributed by atoms with van der Waals surface area (Å²) in [5.41, 5.74) is 0. The highest BCUT2D eigenvalue weighted by molar-refractivity contribution is 6.32. The number of ether oxygens (including phenoxy) is 1. The molecule has 0 heterocycles. The maximum Gasteiger partial charge on any atom is 0.237 e. The Labute approximate surface area is 144 Å². The molecule has 1 fully saturated rings. The van der Waals surface area contributed by atoms with Gasteiger partial charge >= 0.3 is 0 Å². The van der Waals surface area contributed by atoms with Crippen LogP contribution in [0.5, 0.6) is 5.75 Å². The fourth-order valence-electron chi connectivity index (χ4n) is 2.82. The van der Waals surface area contributed by atoms with Gasteiger partial charge < -0.3 is 10.1 Å². The SMILES string of the molecule is C[C@H](C(=O)NC1CCCCC1)N(C)CCOc1ccccc1Cl. The van der Waals surface area contributed by atoms with E-state index in [1.54, 1.807) is 6.07 Å². The number of para-hydroxylation sites is 1. The Morgan fingerprint density at radius 1 is 1.35 bits per heavy atom. The second-order valence-corrected chi connectivity index (χ2v) is 6.69. The van der Waals surface area contributed by atoms with E-state index in [-0.39, 0.29) is 11.9 Å². The fourth-order valence-corrected chi connectivity index (χ4v) is 3.01. The third-order valence-corrected chi connectivity index (χ3v) is 4.84. The summed E-state index contributed by atoms with van der Waals surface area (Å²) >= 11 is 6.06. The van der Waals surface area contributed by atoms with Gasteiger partial charge in [0.05, 0.1) is 11.1 Å². The van der Waals surface area contributed by atoms with E-state index in [0.717, 1.165) is 12.8 Å². The standard InChI is InChI=1S/C18H27ClN2O2/c1-14(18(22)20-15-8-4-3-5-9-15)21(2)12-13-23-17-11-7-6-10-16(17)19/h6-7,10-11,14-15H,3-5,8-9,12-13H2,1-2H3,(H,20,22)/t14-/m1/s1. The summed E-state index contributed by atoms with van der Waals surface area (Å²) < 4.78 is 5.68. The predicted octanol–water partition coefficient (Wildman–Crippen LogP) is 3.49. The van der Waals surface area contributed by atoms with Crippen molar-refractivity contribution < 1.29 is 9.53 Å². The number of amides is 1. The van der Waals surface area contributed by atoms with Gasteiger partial charge in [-0.3, -0.25) is 9.69 Å². The number of hydrogen-bond donors (Lipinski definition) is 1. The Morgan fingerprint density at radius 3 is 2.74 bits per heavy atom. The fraction of sp³-hybridized carbons (Fsp3) is 0.611. The average Bonchev–Trinajstić information content (AvgIpc) is 2.56. The van der Waals surface area contributed by atoms with Crippen LogP contribution in [0.4, 0.5) is 0 Å². The first kappa shape index (κ1) is 18.1. The van der Waals surface area contributed by atoms with Crippen LogP contribution in [0.25, 0.3) is 0 Å². The van der Waals surface area contributed by atoms with Gasteiger partial charge in [-0.25, -0.2) is 0 Å². The minimum absolute atomic E-state index is 0.108. The van der Waals surface area contributed by atoms with Crippen molar-refractivity contribution in [2.75, 3.05) is 20.2 Å². The first-order valence-electron chi connectivity index (χ1n) is 8.46. The monoisotopic (exact) mass is 338 g/mol. The smallest absolute Gasteiger partial charge is 0.237 e. The molecule has 1 aliphatic carbocycles. The lowest BCUT2D eigenvalue weighted by atomic mass is 9.95. The molecular weight excluding hydrogens is 312 g/mol. The van der Waals surface area contributed by atoms with Crippen LogP contribution in [-0.4, -0.2) is 43.1 Å². The van der Waals surface area contributed by atoms with Gasteiger partial charge in [-0.2, -0.15) is 0 Å². The van der Waals surface area contributed by atoms with Crippen LogP contribution in [-0.2, 0) is 4.79 Å². The normalized spacial score (nSPS) is 17.0. The van der Waals surface area contributed by atoms with Crippen LogP contribution in [0, 0.1) is 0 Å². The molecule has 1 saturated carbocycles. The maximum atomic E-state index is 12.3. The van der Waals surface area contributed by atoms with Gasteiger partial charge in [0, 0.05) is 12.6 Å². The molecule has 1 aromatic rings. The Kier molecular flexibility index (Phi) is 7.18. The van der Waals surface area contributed by atoms with Crippen molar-refractivity contribution in [1.82, 2.24) is 10.2 Å². The van der Waals surface area contributed by atoms with Gasteiger partial charge in [-0.05, 0) is 38.9 Å². The zero-order valence-electron chi connectivity index (χ0n) is 14.1. The molecule has 1 aromatic carbocycles. The molecule has 0 aromatic heterocycles. The average molecular weight is 339 g/mol. The van der Waals surface area contributed by atoms with Gasteiger partial charge in [0.15, 0.2) is 0 Å². The lowest BCUT2D eigenvalue weighted by molar-refractivity contribution is -0.126. The molecule has 1 N–H and O–H groups in total. The summed E-state index contributed by atoms with van der Waals surface area (Å²) in [5, 5.41) is 3.78. The number of nitrogens with zero attached hydrogens (tertiary/aromatic N) is 1. The number of carbonyl (C=O) groups excluding carboxylic acids is 1. The van der Waals surface area contributed by atoms with Crippen molar-refractivity contribution in [1.29, 1.82) is 0 Å². The summed E-state index contributed by atoms with van der Waals surface area (Å²) in [6.07, 6.45) is 5.96. The van der Waals surface area contributed by atoms with E-state index in [4.69, 9.17) is 16.3 Å². The molecular formula is C18H27ClN2O2. The van der Waals surface area contributed by atoms with E-state index in [2.05, 4.69) is 5.32 Å². The van der Waals surface area contributed by atoms with E-state index in [1.807, 2.05) is 37.1 Å². The van der Waals surface area contributed by atoms with Gasteiger partial charge in [0.1, 0.15) is 12.4 Å². The summed E-state index contributed by atoms with van der Waals surface area (Å²) in [6.45, 7) is 3.11. The lowest BCUT2D eigenvalue weighted by Crippen LogP contribution is -2.48. The van der Waals surface area contributed by atoms with Gasteiger partial charge in [0.2, 0.25) is 5.91 Å². The van der Waals surface area contributed by atoms with Crippen molar-refractivity contribution >= 4 is 17.5 Å². The Hall–Kier alpha value is -1.26. The molecule has 0 saturated heterocycles. The second kappa shape index (κ2) is 9.14. The zero-order chi connectivity index (χ0) is 16.7. The Bertz CT molecular complexity index is 504. The number of halogens is 1. The first-order chi connectivity index (χ1) is 11.1. The topological polar surface area (TPSA) is 41.6 Å². The molecule has 23 heavy (non-hydrogen) atoms. The molecule has 0 spiro atoms. The summed E-state index contributed by atoms with van der Waals surface area (Å²) in [4.78, 5) is 14.3.